The average Bonchev–Trinajstić information content (AvgIpc) is 3.30. The van der Waals surface area contributed by atoms with Crippen LogP contribution in [0.1, 0.15) is 29.7 Å². The molecule has 0 aliphatic carbocycles. The summed E-state index contributed by atoms with van der Waals surface area (Å²) < 4.78 is 18.1. The van der Waals surface area contributed by atoms with Crippen molar-refractivity contribution in [2.75, 3.05) is 20.3 Å². The first-order valence-corrected chi connectivity index (χ1v) is 13.6. The van der Waals surface area contributed by atoms with Gasteiger partial charge in [0, 0.05) is 5.56 Å². The van der Waals surface area contributed by atoms with Crippen molar-refractivity contribution >= 4 is 35.0 Å². The zero-order valence-electron chi connectivity index (χ0n) is 22.3. The minimum atomic E-state index is -1.07. The third-order valence-corrected chi connectivity index (χ3v) is 7.31. The number of hydrogen-bond donors (Lipinski definition) is 1. The van der Waals surface area contributed by atoms with E-state index in [1.165, 1.54) is 15.9 Å². The Balaban J connectivity index is 1.72. The van der Waals surface area contributed by atoms with Gasteiger partial charge in [0.25, 0.3) is 5.56 Å². The molecule has 0 amide bonds. The zero-order chi connectivity index (χ0) is 28.9. The van der Waals surface area contributed by atoms with Crippen LogP contribution in [0.4, 0.5) is 0 Å². The van der Waals surface area contributed by atoms with E-state index in [0.29, 0.717) is 37.7 Å². The van der Waals surface area contributed by atoms with Crippen molar-refractivity contribution in [2.45, 2.75) is 13.0 Å². The fourth-order valence-corrected chi connectivity index (χ4v) is 5.53. The van der Waals surface area contributed by atoms with Crippen LogP contribution < -0.4 is 24.4 Å². The van der Waals surface area contributed by atoms with Crippen LogP contribution in [0.3, 0.4) is 0 Å². The summed E-state index contributed by atoms with van der Waals surface area (Å²) in [5.74, 6) is -0.654. The van der Waals surface area contributed by atoms with Gasteiger partial charge in [-0.05, 0) is 48.4 Å². The molecule has 0 unspecified atom stereocenters. The third-order valence-electron chi connectivity index (χ3n) is 6.32. The van der Waals surface area contributed by atoms with Gasteiger partial charge in [-0.2, -0.15) is 0 Å². The predicted molar refractivity (Wildman–Crippen MR) is 154 cm³/mol. The molecule has 1 atom stereocenters. The van der Waals surface area contributed by atoms with Crippen LogP contribution in [-0.4, -0.2) is 41.9 Å². The van der Waals surface area contributed by atoms with Crippen molar-refractivity contribution in [3.05, 3.63) is 121 Å². The number of carbonyl (C=O) groups is 2. The van der Waals surface area contributed by atoms with Gasteiger partial charge in [0.05, 0.1) is 35.6 Å². The lowest BCUT2D eigenvalue weighted by Gasteiger charge is -2.26. The molecule has 0 saturated heterocycles. The molecule has 41 heavy (non-hydrogen) atoms. The summed E-state index contributed by atoms with van der Waals surface area (Å²) in [6, 6.07) is 22.5. The van der Waals surface area contributed by atoms with Gasteiger partial charge in [0.2, 0.25) is 0 Å². The number of thiazole rings is 1. The summed E-state index contributed by atoms with van der Waals surface area (Å²) in [4.78, 5) is 43.5. The Bertz CT molecular complexity index is 1810. The summed E-state index contributed by atoms with van der Waals surface area (Å²) in [5.41, 5.74) is 2.47. The van der Waals surface area contributed by atoms with E-state index in [-0.39, 0.29) is 17.7 Å². The molecule has 9 nitrogen and oxygen atoms in total. The van der Waals surface area contributed by atoms with E-state index in [4.69, 9.17) is 24.3 Å². The SMILES string of the molecule is CCOC(=O)C1=C(c2ccccc2)N=c2s/c(=C/c3ccc(OCC(=O)O)cc3)c(=O)n2[C@@H]1c1cccc(OC)c1. The lowest BCUT2D eigenvalue weighted by molar-refractivity contribution is -0.140. The van der Waals surface area contributed by atoms with Crippen LogP contribution in [0.5, 0.6) is 11.5 Å². The normalized spacial score (nSPS) is 14.7. The molecule has 2 heterocycles. The minimum absolute atomic E-state index is 0.159. The van der Waals surface area contributed by atoms with Crippen molar-refractivity contribution in [1.82, 2.24) is 4.57 Å². The van der Waals surface area contributed by atoms with E-state index in [1.807, 2.05) is 42.5 Å². The van der Waals surface area contributed by atoms with Crippen molar-refractivity contribution in [3.8, 4) is 11.5 Å². The number of aromatic nitrogens is 1. The van der Waals surface area contributed by atoms with Crippen LogP contribution in [0.2, 0.25) is 0 Å². The van der Waals surface area contributed by atoms with Gasteiger partial charge < -0.3 is 19.3 Å². The second-order valence-corrected chi connectivity index (χ2v) is 9.97. The lowest BCUT2D eigenvalue weighted by Crippen LogP contribution is -2.40. The molecule has 10 heteroatoms. The summed E-state index contributed by atoms with van der Waals surface area (Å²) in [7, 11) is 1.56. The Morgan fingerprint density at radius 3 is 2.46 bits per heavy atom. The zero-order valence-corrected chi connectivity index (χ0v) is 23.1. The quantitative estimate of drug-likeness (QED) is 0.307. The van der Waals surface area contributed by atoms with Gasteiger partial charge in [0.1, 0.15) is 11.5 Å². The van der Waals surface area contributed by atoms with E-state index >= 15 is 0 Å². The van der Waals surface area contributed by atoms with Gasteiger partial charge in [-0.3, -0.25) is 9.36 Å². The van der Waals surface area contributed by atoms with Gasteiger partial charge in [-0.1, -0.05) is 65.9 Å². The Labute approximate surface area is 238 Å². The molecular formula is C31H26N2O7S. The number of hydrogen-bond acceptors (Lipinski definition) is 8. The first kappa shape index (κ1) is 27.6. The van der Waals surface area contributed by atoms with Crippen molar-refractivity contribution in [1.29, 1.82) is 0 Å². The summed E-state index contributed by atoms with van der Waals surface area (Å²) in [5, 5.41) is 8.83. The fourth-order valence-electron chi connectivity index (χ4n) is 4.52. The molecule has 0 bridgehead atoms. The van der Waals surface area contributed by atoms with Crippen LogP contribution in [0.25, 0.3) is 11.8 Å². The number of rotatable bonds is 9. The Kier molecular flexibility index (Phi) is 8.11. The maximum absolute atomic E-state index is 14.0. The number of nitrogens with zero attached hydrogens (tertiary/aromatic N) is 2. The van der Waals surface area contributed by atoms with Crippen LogP contribution in [0, 0.1) is 0 Å². The molecule has 1 aliphatic heterocycles. The van der Waals surface area contributed by atoms with E-state index in [1.54, 1.807) is 56.5 Å². The van der Waals surface area contributed by atoms with Crippen LogP contribution in [0.15, 0.2) is 94.2 Å². The summed E-state index contributed by atoms with van der Waals surface area (Å²) >= 11 is 1.21. The van der Waals surface area contributed by atoms with Gasteiger partial charge in [-0.15, -0.1) is 0 Å². The molecule has 0 saturated carbocycles. The first-order chi connectivity index (χ1) is 19.9. The summed E-state index contributed by atoms with van der Waals surface area (Å²) in [6.07, 6.45) is 1.73. The van der Waals surface area contributed by atoms with Crippen molar-refractivity contribution in [2.24, 2.45) is 4.99 Å². The highest BCUT2D eigenvalue weighted by molar-refractivity contribution is 7.07. The molecule has 1 N–H and O–H groups in total. The minimum Gasteiger partial charge on any atom is -0.497 e. The van der Waals surface area contributed by atoms with E-state index in [0.717, 1.165) is 5.56 Å². The predicted octanol–water partition coefficient (Wildman–Crippen LogP) is 3.41. The first-order valence-electron chi connectivity index (χ1n) is 12.8. The molecule has 0 radical (unpaired) electrons. The maximum atomic E-state index is 14.0. The lowest BCUT2D eigenvalue weighted by atomic mass is 9.93. The average molecular weight is 571 g/mol. The number of esters is 1. The van der Waals surface area contributed by atoms with Crippen LogP contribution >= 0.6 is 11.3 Å². The highest BCUT2D eigenvalue weighted by Gasteiger charge is 2.35. The summed E-state index contributed by atoms with van der Waals surface area (Å²) in [6.45, 7) is 1.44. The maximum Gasteiger partial charge on any atom is 0.341 e. The number of methoxy groups -OCH3 is 1. The number of carboxylic acids is 1. The molecule has 1 aromatic heterocycles. The number of aliphatic carboxylic acids is 1. The Hall–Kier alpha value is -4.96. The number of ether oxygens (including phenoxy) is 3. The number of benzene rings is 3. The van der Waals surface area contributed by atoms with Gasteiger partial charge >= 0.3 is 11.9 Å². The highest BCUT2D eigenvalue weighted by Crippen LogP contribution is 2.36. The molecular weight excluding hydrogens is 544 g/mol. The van der Waals surface area contributed by atoms with E-state index in [2.05, 4.69) is 0 Å². The number of fused-ring (bicyclic) bond motifs is 1. The molecule has 0 fully saturated rings. The topological polar surface area (TPSA) is 116 Å². The highest BCUT2D eigenvalue weighted by atomic mass is 32.1. The van der Waals surface area contributed by atoms with Crippen molar-refractivity contribution in [3.63, 3.8) is 0 Å². The standard InChI is InChI=1S/C31H26N2O7S/c1-3-39-30(37)26-27(20-8-5-4-6-9-20)32-31-33(28(26)21-10-7-11-23(17-21)38-2)29(36)24(41-31)16-19-12-14-22(15-13-19)40-18-25(34)35/h4-17,28H,3,18H2,1-2H3,(H,34,35)/b24-16+/t28-/m1/s1. The van der Waals surface area contributed by atoms with E-state index in [9.17, 15) is 14.4 Å². The molecule has 1 aliphatic rings. The Morgan fingerprint density at radius 1 is 1.02 bits per heavy atom. The number of carbonyl (C=O) groups excluding carboxylic acids is 1. The van der Waals surface area contributed by atoms with Gasteiger partial charge in [-0.25, -0.2) is 14.6 Å². The molecule has 0 spiro atoms. The largest absolute Gasteiger partial charge is 0.497 e. The monoisotopic (exact) mass is 570 g/mol. The third kappa shape index (κ3) is 5.82. The van der Waals surface area contributed by atoms with E-state index < -0.39 is 24.6 Å². The van der Waals surface area contributed by atoms with Crippen molar-refractivity contribution < 1.29 is 28.9 Å². The smallest absolute Gasteiger partial charge is 0.341 e. The molecule has 3 aromatic carbocycles. The molecule has 208 valence electrons. The molecule has 5 rings (SSSR count). The van der Waals surface area contributed by atoms with Crippen LogP contribution in [-0.2, 0) is 14.3 Å². The Morgan fingerprint density at radius 2 is 1.78 bits per heavy atom. The van der Waals surface area contributed by atoms with Gasteiger partial charge in [0.15, 0.2) is 11.4 Å². The molecule has 4 aromatic rings. The second-order valence-electron chi connectivity index (χ2n) is 8.96. The number of carboxylic acid groups (broad SMARTS) is 1. The second kappa shape index (κ2) is 12.1. The fraction of sp³-hybridized carbons (Fsp3) is 0.161.